The van der Waals surface area contributed by atoms with Gasteiger partial charge in [-0.2, -0.15) is 0 Å². The monoisotopic (exact) mass is 524 g/mol. The second-order valence-electron chi connectivity index (χ2n) is 10.5. The maximum Gasteiger partial charge on any atom is 0.283 e. The molecule has 0 saturated carbocycles. The van der Waals surface area contributed by atoms with E-state index in [2.05, 4.69) is 15.5 Å². The maximum absolute atomic E-state index is 15.7. The molecule has 5 rings (SSSR count). The fourth-order valence-electron chi connectivity index (χ4n) is 6.05. The van der Waals surface area contributed by atoms with Gasteiger partial charge in [-0.1, -0.05) is 24.3 Å². The van der Waals surface area contributed by atoms with Crippen LogP contribution in [0.4, 0.5) is 27.6 Å². The molecule has 10 heteroatoms. The first-order chi connectivity index (χ1) is 17.7. The molecule has 5 nitrogen and oxygen atoms in total. The number of alkyl halides is 3. The third kappa shape index (κ3) is 5.15. The molecule has 3 heterocycles. The molecular weight excluding hydrogens is 491 g/mol. The minimum atomic E-state index is -3.43. The van der Waals surface area contributed by atoms with Crippen LogP contribution in [0.5, 0.6) is 0 Å². The number of hydrogen-bond acceptors (Lipinski definition) is 5. The zero-order valence-electron chi connectivity index (χ0n) is 20.7. The maximum atomic E-state index is 15.7. The SMILES string of the molecule is C[C@@H]1CC2=C(NC3C=CC=CC23)[C@@H](c2c(F)cc(NC3CN(CCCF)C3)cc2F)N1CC(F)(F)CO. The summed E-state index contributed by atoms with van der Waals surface area (Å²) in [7, 11) is 0. The molecule has 2 unspecified atom stereocenters. The van der Waals surface area contributed by atoms with Crippen LogP contribution in [0.25, 0.3) is 0 Å². The summed E-state index contributed by atoms with van der Waals surface area (Å²) in [5, 5.41) is 15.7. The van der Waals surface area contributed by atoms with E-state index in [0.717, 1.165) is 5.57 Å². The van der Waals surface area contributed by atoms with Gasteiger partial charge in [0.1, 0.15) is 18.2 Å². The minimum absolute atomic E-state index is 0.00327. The molecule has 0 amide bonds. The van der Waals surface area contributed by atoms with Gasteiger partial charge in [0.25, 0.3) is 5.92 Å². The summed E-state index contributed by atoms with van der Waals surface area (Å²) in [4.78, 5) is 3.46. The summed E-state index contributed by atoms with van der Waals surface area (Å²) < 4.78 is 72.6. The Morgan fingerprint density at radius 3 is 2.51 bits per heavy atom. The van der Waals surface area contributed by atoms with Crippen LogP contribution in [0, 0.1) is 17.6 Å². The summed E-state index contributed by atoms with van der Waals surface area (Å²) >= 11 is 0. The number of allylic oxidation sites excluding steroid dienone is 2. The number of halogens is 5. The molecule has 3 aliphatic heterocycles. The van der Waals surface area contributed by atoms with Gasteiger partial charge >= 0.3 is 0 Å². The molecule has 1 fully saturated rings. The lowest BCUT2D eigenvalue weighted by Crippen LogP contribution is -2.54. The first kappa shape index (κ1) is 26.2. The molecule has 3 N–H and O–H groups in total. The van der Waals surface area contributed by atoms with Crippen molar-refractivity contribution < 1.29 is 27.1 Å². The Morgan fingerprint density at radius 1 is 1.14 bits per heavy atom. The highest BCUT2D eigenvalue weighted by molar-refractivity contribution is 5.51. The molecule has 202 valence electrons. The quantitative estimate of drug-likeness (QED) is 0.424. The van der Waals surface area contributed by atoms with Crippen LogP contribution in [-0.4, -0.2) is 78.4 Å². The predicted octanol–water partition coefficient (Wildman–Crippen LogP) is 4.15. The third-order valence-electron chi connectivity index (χ3n) is 7.83. The number of aliphatic hydroxyl groups excluding tert-OH is 1. The largest absolute Gasteiger partial charge is 0.390 e. The molecular formula is C27H33F5N4O. The lowest BCUT2D eigenvalue weighted by molar-refractivity contribution is -0.0872. The van der Waals surface area contributed by atoms with Crippen LogP contribution in [0.15, 0.2) is 47.7 Å². The van der Waals surface area contributed by atoms with Crippen molar-refractivity contribution in [3.05, 3.63) is 64.9 Å². The molecule has 0 bridgehead atoms. The van der Waals surface area contributed by atoms with E-state index in [9.17, 15) is 18.3 Å². The highest BCUT2D eigenvalue weighted by atomic mass is 19.3. The Bertz CT molecular complexity index is 1080. The second-order valence-corrected chi connectivity index (χ2v) is 10.5. The van der Waals surface area contributed by atoms with E-state index in [-0.39, 0.29) is 35.9 Å². The Hall–Kier alpha value is -2.43. The van der Waals surface area contributed by atoms with Crippen molar-refractivity contribution in [1.29, 1.82) is 0 Å². The van der Waals surface area contributed by atoms with E-state index in [1.807, 2.05) is 24.3 Å². The summed E-state index contributed by atoms with van der Waals surface area (Å²) in [6.45, 7) is 1.16. The third-order valence-corrected chi connectivity index (χ3v) is 7.83. The van der Waals surface area contributed by atoms with E-state index in [1.54, 1.807) is 6.92 Å². The summed E-state index contributed by atoms with van der Waals surface area (Å²) in [6, 6.07) is 0.805. The van der Waals surface area contributed by atoms with Crippen LogP contribution in [0.2, 0.25) is 0 Å². The molecule has 0 spiro atoms. The number of benzene rings is 1. The predicted molar refractivity (Wildman–Crippen MR) is 132 cm³/mol. The Kier molecular flexibility index (Phi) is 7.35. The van der Waals surface area contributed by atoms with Crippen molar-refractivity contribution in [3.8, 4) is 0 Å². The number of nitrogens with one attached hydrogen (secondary N) is 2. The van der Waals surface area contributed by atoms with Crippen LogP contribution in [-0.2, 0) is 0 Å². The molecule has 1 saturated heterocycles. The average molecular weight is 525 g/mol. The van der Waals surface area contributed by atoms with Gasteiger partial charge in [-0.15, -0.1) is 0 Å². The Labute approximate surface area is 213 Å². The molecule has 4 atom stereocenters. The molecule has 0 radical (unpaired) electrons. The van der Waals surface area contributed by atoms with E-state index >= 15 is 8.78 Å². The van der Waals surface area contributed by atoms with E-state index in [1.165, 1.54) is 17.0 Å². The second kappa shape index (κ2) is 10.4. The van der Waals surface area contributed by atoms with Crippen molar-refractivity contribution in [1.82, 2.24) is 15.1 Å². The van der Waals surface area contributed by atoms with Crippen molar-refractivity contribution in [2.24, 2.45) is 5.92 Å². The summed E-state index contributed by atoms with van der Waals surface area (Å²) in [5.41, 5.74) is 1.52. The van der Waals surface area contributed by atoms with Crippen molar-refractivity contribution in [2.45, 2.75) is 49.9 Å². The first-order valence-corrected chi connectivity index (χ1v) is 12.8. The van der Waals surface area contributed by atoms with Crippen LogP contribution in [0.1, 0.15) is 31.4 Å². The Balaban J connectivity index is 1.45. The molecule has 0 aromatic heterocycles. The number of nitrogens with zero attached hydrogens (tertiary/aromatic N) is 2. The van der Waals surface area contributed by atoms with Gasteiger partial charge in [0, 0.05) is 48.5 Å². The number of hydrogen-bond donors (Lipinski definition) is 3. The number of fused-ring (bicyclic) bond motifs is 2. The standard InChI is InChI=1S/C27H33F5N4O/c1-16-9-20-19-5-2-3-6-23(19)34-25(20)26(36(16)14-27(31,32)15-37)24-21(29)10-17(11-22(24)30)33-18-12-35(13-18)8-4-7-28/h2-3,5-6,10-11,16,18-19,23,26,33-34,37H,4,7-9,12-15H2,1H3/t16-,19?,23?,26-/m1/s1. The first-order valence-electron chi connectivity index (χ1n) is 12.8. The molecule has 37 heavy (non-hydrogen) atoms. The van der Waals surface area contributed by atoms with E-state index in [4.69, 9.17) is 0 Å². The fraction of sp³-hybridized carbons (Fsp3) is 0.556. The minimum Gasteiger partial charge on any atom is -0.390 e. The zero-order valence-corrected chi connectivity index (χ0v) is 20.7. The van der Waals surface area contributed by atoms with Gasteiger partial charge in [-0.05, 0) is 37.5 Å². The van der Waals surface area contributed by atoms with Gasteiger partial charge in [0.15, 0.2) is 0 Å². The van der Waals surface area contributed by atoms with E-state index in [0.29, 0.717) is 38.2 Å². The topological polar surface area (TPSA) is 50.8 Å². The number of anilines is 1. The van der Waals surface area contributed by atoms with Gasteiger partial charge in [0.05, 0.1) is 31.3 Å². The highest BCUT2D eigenvalue weighted by Crippen LogP contribution is 2.47. The van der Waals surface area contributed by atoms with Crippen LogP contribution < -0.4 is 10.6 Å². The van der Waals surface area contributed by atoms with E-state index < -0.39 is 42.8 Å². The average Bonchev–Trinajstić information content (AvgIpc) is 3.19. The van der Waals surface area contributed by atoms with Crippen molar-refractivity contribution >= 4 is 5.69 Å². The normalized spacial score (nSPS) is 28.2. The Morgan fingerprint density at radius 2 is 1.84 bits per heavy atom. The molecule has 1 aromatic carbocycles. The number of likely N-dealkylation sites (tertiary alicyclic amines) is 1. The summed E-state index contributed by atoms with van der Waals surface area (Å²) in [5.74, 6) is -5.07. The van der Waals surface area contributed by atoms with Gasteiger partial charge < -0.3 is 15.7 Å². The molecule has 1 aromatic rings. The zero-order chi connectivity index (χ0) is 26.3. The summed E-state index contributed by atoms with van der Waals surface area (Å²) in [6.07, 6.45) is 8.73. The number of rotatable bonds is 9. The van der Waals surface area contributed by atoms with Crippen molar-refractivity contribution in [3.63, 3.8) is 0 Å². The van der Waals surface area contributed by atoms with Crippen LogP contribution in [0.3, 0.4) is 0 Å². The van der Waals surface area contributed by atoms with Gasteiger partial charge in [0.2, 0.25) is 0 Å². The van der Waals surface area contributed by atoms with Gasteiger partial charge in [-0.3, -0.25) is 14.2 Å². The molecule has 1 aliphatic carbocycles. The smallest absolute Gasteiger partial charge is 0.283 e. The fourth-order valence-corrected chi connectivity index (χ4v) is 6.05. The highest BCUT2D eigenvalue weighted by Gasteiger charge is 2.47. The lowest BCUT2D eigenvalue weighted by Gasteiger charge is -2.43. The molecule has 4 aliphatic rings. The van der Waals surface area contributed by atoms with Crippen LogP contribution >= 0.6 is 0 Å². The van der Waals surface area contributed by atoms with Gasteiger partial charge in [-0.25, -0.2) is 17.6 Å². The van der Waals surface area contributed by atoms with Crippen molar-refractivity contribution in [2.75, 3.05) is 44.8 Å². The lowest BCUT2D eigenvalue weighted by atomic mass is 9.82. The number of aliphatic hydroxyl groups is 1.